The SMILES string of the molecule is O=C(OCC=C(F)F)C(=O)N(F)F. The van der Waals surface area contributed by atoms with E-state index in [0.717, 1.165) is 0 Å². The average Bonchev–Trinajstić information content (AvgIpc) is 2.02. The fourth-order valence-corrected chi connectivity index (χ4v) is 0.311. The van der Waals surface area contributed by atoms with Gasteiger partial charge in [-0.3, -0.25) is 4.79 Å². The first-order chi connectivity index (χ1) is 5.95. The van der Waals surface area contributed by atoms with Gasteiger partial charge in [0.15, 0.2) is 0 Å². The molecule has 0 fully saturated rings. The molecule has 0 aromatic carbocycles. The number of rotatable bonds is 2. The van der Waals surface area contributed by atoms with Gasteiger partial charge >= 0.3 is 11.9 Å². The minimum atomic E-state index is -2.22. The standard InChI is InChI=1S/C5H3F4NO3/c6-3(7)1-2-13-5(12)4(11)10(8)9/h1H,2H2. The molecule has 0 aliphatic heterocycles. The molecule has 0 bridgehead atoms. The van der Waals surface area contributed by atoms with Crippen molar-refractivity contribution in [3.8, 4) is 0 Å². The lowest BCUT2D eigenvalue weighted by Crippen LogP contribution is -2.26. The Hall–Kier alpha value is -1.60. The van der Waals surface area contributed by atoms with Crippen LogP contribution in [0.4, 0.5) is 17.7 Å². The molecule has 0 aliphatic carbocycles. The third-order valence-electron chi connectivity index (χ3n) is 0.780. The Kier molecular flexibility index (Phi) is 4.49. The Morgan fingerprint density at radius 3 is 2.23 bits per heavy atom. The van der Waals surface area contributed by atoms with E-state index in [0.29, 0.717) is 0 Å². The lowest BCUT2D eigenvalue weighted by atomic mass is 10.6. The molecule has 74 valence electrons. The van der Waals surface area contributed by atoms with Crippen molar-refractivity contribution in [1.29, 1.82) is 0 Å². The zero-order chi connectivity index (χ0) is 10.4. The highest BCUT2D eigenvalue weighted by atomic mass is 19.4. The predicted molar refractivity (Wildman–Crippen MR) is 30.3 cm³/mol. The number of nitrogens with zero attached hydrogens (tertiary/aromatic N) is 1. The summed E-state index contributed by atoms with van der Waals surface area (Å²) >= 11 is 0. The van der Waals surface area contributed by atoms with Crippen molar-refractivity contribution in [3.05, 3.63) is 12.2 Å². The Balaban J connectivity index is 3.89. The molecule has 0 N–H and O–H groups in total. The highest BCUT2D eigenvalue weighted by Gasteiger charge is 2.23. The number of amides is 1. The van der Waals surface area contributed by atoms with Gasteiger partial charge in [-0.05, 0) is 0 Å². The van der Waals surface area contributed by atoms with Crippen LogP contribution in [0.1, 0.15) is 0 Å². The minimum Gasteiger partial charge on any atom is -0.454 e. The first kappa shape index (κ1) is 11.4. The zero-order valence-corrected chi connectivity index (χ0v) is 5.97. The molecule has 0 spiro atoms. The van der Waals surface area contributed by atoms with Crippen molar-refractivity contribution in [2.24, 2.45) is 0 Å². The van der Waals surface area contributed by atoms with Gasteiger partial charge in [0.25, 0.3) is 6.08 Å². The van der Waals surface area contributed by atoms with Crippen molar-refractivity contribution in [1.82, 2.24) is 5.34 Å². The molecule has 0 heterocycles. The van der Waals surface area contributed by atoms with E-state index in [1.54, 1.807) is 0 Å². The fraction of sp³-hybridized carbons (Fsp3) is 0.200. The summed E-state index contributed by atoms with van der Waals surface area (Å²) in [6.45, 7) is -0.930. The molecule has 0 saturated heterocycles. The summed E-state index contributed by atoms with van der Waals surface area (Å²) < 4.78 is 48.8. The third kappa shape index (κ3) is 4.77. The van der Waals surface area contributed by atoms with Crippen LogP contribution in [-0.2, 0) is 14.3 Å². The first-order valence-electron chi connectivity index (χ1n) is 2.79. The number of halogens is 4. The molecule has 0 aliphatic rings. The van der Waals surface area contributed by atoms with Gasteiger partial charge in [-0.25, -0.2) is 4.79 Å². The molecule has 0 saturated carbocycles. The Bertz CT molecular complexity index is 236. The van der Waals surface area contributed by atoms with Crippen molar-refractivity contribution in [2.75, 3.05) is 6.61 Å². The van der Waals surface area contributed by atoms with Gasteiger partial charge < -0.3 is 4.74 Å². The van der Waals surface area contributed by atoms with Crippen LogP contribution in [0.3, 0.4) is 0 Å². The van der Waals surface area contributed by atoms with Crippen LogP contribution in [0.25, 0.3) is 0 Å². The van der Waals surface area contributed by atoms with E-state index in [-0.39, 0.29) is 6.08 Å². The molecular formula is C5H3F4NO3. The molecular weight excluding hydrogens is 198 g/mol. The summed E-state index contributed by atoms with van der Waals surface area (Å²) in [7, 11) is 0. The van der Waals surface area contributed by atoms with Gasteiger partial charge in [-0.15, -0.1) is 0 Å². The minimum absolute atomic E-state index is 0.159. The van der Waals surface area contributed by atoms with Gasteiger partial charge in [-0.1, -0.05) is 8.96 Å². The quantitative estimate of drug-likeness (QED) is 0.288. The van der Waals surface area contributed by atoms with Crippen LogP contribution in [0, 0.1) is 0 Å². The Labute approximate surface area is 69.2 Å². The van der Waals surface area contributed by atoms with Gasteiger partial charge in [0.05, 0.1) is 0 Å². The number of hydrogen-bond acceptors (Lipinski definition) is 3. The van der Waals surface area contributed by atoms with Crippen LogP contribution >= 0.6 is 0 Å². The summed E-state index contributed by atoms with van der Waals surface area (Å²) in [4.78, 5) is 20.2. The molecule has 13 heavy (non-hydrogen) atoms. The highest BCUT2D eigenvalue weighted by molar-refractivity contribution is 6.31. The second-order valence-electron chi connectivity index (χ2n) is 1.63. The van der Waals surface area contributed by atoms with E-state index in [4.69, 9.17) is 0 Å². The number of carbonyl (C=O) groups is 2. The molecule has 0 rings (SSSR count). The monoisotopic (exact) mass is 201 g/mol. The van der Waals surface area contributed by atoms with E-state index < -0.39 is 29.9 Å². The second-order valence-corrected chi connectivity index (χ2v) is 1.63. The third-order valence-corrected chi connectivity index (χ3v) is 0.780. The topological polar surface area (TPSA) is 46.6 Å². The predicted octanol–water partition coefficient (Wildman–Crippen LogP) is 0.908. The molecule has 8 heteroatoms. The Morgan fingerprint density at radius 1 is 1.31 bits per heavy atom. The normalized spacial score (nSPS) is 8.92. The molecule has 4 nitrogen and oxygen atoms in total. The number of esters is 1. The van der Waals surface area contributed by atoms with Crippen LogP contribution in [0.2, 0.25) is 0 Å². The lowest BCUT2D eigenvalue weighted by molar-refractivity contribution is -0.196. The summed E-state index contributed by atoms with van der Waals surface area (Å²) in [5.41, 5.74) is 0. The largest absolute Gasteiger partial charge is 0.454 e. The highest BCUT2D eigenvalue weighted by Crippen LogP contribution is 1.97. The molecule has 1 amide bonds. The Morgan fingerprint density at radius 2 is 1.85 bits per heavy atom. The molecule has 0 radical (unpaired) electrons. The van der Waals surface area contributed by atoms with E-state index >= 15 is 0 Å². The molecule has 0 unspecified atom stereocenters. The van der Waals surface area contributed by atoms with E-state index in [9.17, 15) is 27.3 Å². The number of ether oxygens (including phenoxy) is 1. The van der Waals surface area contributed by atoms with Crippen LogP contribution in [0.15, 0.2) is 12.2 Å². The van der Waals surface area contributed by atoms with E-state index in [2.05, 4.69) is 4.74 Å². The maximum Gasteiger partial charge on any atom is 0.402 e. The summed E-state index contributed by atoms with van der Waals surface area (Å²) in [5, 5.41) is -2.00. The van der Waals surface area contributed by atoms with Gasteiger partial charge in [0.2, 0.25) is 0 Å². The molecule has 0 aromatic rings. The van der Waals surface area contributed by atoms with E-state index in [1.807, 2.05) is 0 Å². The zero-order valence-electron chi connectivity index (χ0n) is 5.97. The van der Waals surface area contributed by atoms with Crippen molar-refractivity contribution < 1.29 is 32.1 Å². The van der Waals surface area contributed by atoms with Crippen molar-refractivity contribution in [2.45, 2.75) is 0 Å². The smallest absolute Gasteiger partial charge is 0.402 e. The average molecular weight is 201 g/mol. The van der Waals surface area contributed by atoms with E-state index in [1.165, 1.54) is 0 Å². The van der Waals surface area contributed by atoms with Crippen LogP contribution in [0.5, 0.6) is 0 Å². The van der Waals surface area contributed by atoms with Crippen LogP contribution < -0.4 is 0 Å². The number of hydrogen-bond donors (Lipinski definition) is 0. The van der Waals surface area contributed by atoms with Crippen molar-refractivity contribution >= 4 is 11.9 Å². The van der Waals surface area contributed by atoms with Gasteiger partial charge in [0.1, 0.15) is 6.61 Å². The van der Waals surface area contributed by atoms with Crippen molar-refractivity contribution in [3.63, 3.8) is 0 Å². The first-order valence-corrected chi connectivity index (χ1v) is 2.79. The van der Waals surface area contributed by atoms with Crippen LogP contribution in [-0.4, -0.2) is 23.8 Å². The maximum atomic E-state index is 11.3. The fourth-order valence-electron chi connectivity index (χ4n) is 0.311. The lowest BCUT2D eigenvalue weighted by Gasteiger charge is -1.99. The molecule has 0 aromatic heterocycles. The summed E-state index contributed by atoms with van der Waals surface area (Å²) in [5.74, 6) is -4.12. The summed E-state index contributed by atoms with van der Waals surface area (Å²) in [6, 6.07) is 0. The summed E-state index contributed by atoms with van der Waals surface area (Å²) in [6.07, 6.45) is -1.98. The maximum absolute atomic E-state index is 11.3. The molecule has 0 atom stereocenters. The van der Waals surface area contributed by atoms with Gasteiger partial charge in [0, 0.05) is 11.4 Å². The van der Waals surface area contributed by atoms with Gasteiger partial charge in [-0.2, -0.15) is 8.78 Å². The second kappa shape index (κ2) is 5.12. The number of carbonyl (C=O) groups excluding carboxylic acids is 2.